The fourth-order valence-corrected chi connectivity index (χ4v) is 1.65. The Morgan fingerprint density at radius 3 is 2.47 bits per heavy atom. The Bertz CT molecular complexity index is 341. The molecule has 2 atom stereocenters. The normalized spacial score (nSPS) is 14.3. The van der Waals surface area contributed by atoms with Crippen LogP contribution in [0.1, 0.15) is 29.6 Å². The minimum absolute atomic E-state index is 0.314. The maximum atomic E-state index is 11.9. The van der Waals surface area contributed by atoms with Crippen LogP contribution in [0.4, 0.5) is 0 Å². The minimum atomic E-state index is -1.13. The van der Waals surface area contributed by atoms with Gasteiger partial charge in [0.25, 0.3) is 0 Å². The highest BCUT2D eigenvalue weighted by molar-refractivity contribution is 5.99. The molecule has 94 valence electrons. The summed E-state index contributed by atoms with van der Waals surface area (Å²) in [5, 5.41) is 9.83. The van der Waals surface area contributed by atoms with Crippen molar-refractivity contribution < 1.29 is 9.90 Å². The first kappa shape index (κ1) is 13.8. The van der Waals surface area contributed by atoms with Crippen LogP contribution in [0, 0.1) is 0 Å². The number of ketones is 1. The third kappa shape index (κ3) is 4.26. The number of rotatable bonds is 7. The van der Waals surface area contributed by atoms with Crippen molar-refractivity contribution in [1.29, 1.82) is 0 Å². The zero-order chi connectivity index (χ0) is 12.7. The summed E-state index contributed by atoms with van der Waals surface area (Å²) in [6, 6.07) is 8.19. The highest BCUT2D eigenvalue weighted by Crippen LogP contribution is 2.09. The van der Waals surface area contributed by atoms with Gasteiger partial charge in [0.15, 0.2) is 5.78 Å². The van der Waals surface area contributed by atoms with Gasteiger partial charge in [0, 0.05) is 11.6 Å². The SMILES string of the molecule is NCCCC[C@H](N)C(O)C(=O)c1ccccc1. The number of unbranched alkanes of at least 4 members (excludes halogenated alkanes) is 1. The summed E-state index contributed by atoms with van der Waals surface area (Å²) in [4.78, 5) is 11.9. The molecule has 0 aliphatic rings. The lowest BCUT2D eigenvalue weighted by molar-refractivity contribution is 0.0684. The van der Waals surface area contributed by atoms with Gasteiger partial charge in [0.1, 0.15) is 6.10 Å². The van der Waals surface area contributed by atoms with Crippen LogP contribution in [0.3, 0.4) is 0 Å². The van der Waals surface area contributed by atoms with Crippen molar-refractivity contribution in [3.8, 4) is 0 Å². The maximum absolute atomic E-state index is 11.9. The molecule has 0 amide bonds. The number of nitrogens with two attached hydrogens (primary N) is 2. The van der Waals surface area contributed by atoms with E-state index >= 15 is 0 Å². The Morgan fingerprint density at radius 2 is 1.88 bits per heavy atom. The van der Waals surface area contributed by atoms with Gasteiger partial charge in [0.05, 0.1) is 0 Å². The van der Waals surface area contributed by atoms with Crippen molar-refractivity contribution in [2.24, 2.45) is 11.5 Å². The monoisotopic (exact) mass is 236 g/mol. The van der Waals surface area contributed by atoms with Gasteiger partial charge in [-0.2, -0.15) is 0 Å². The molecule has 0 heterocycles. The van der Waals surface area contributed by atoms with Gasteiger partial charge >= 0.3 is 0 Å². The molecule has 0 aliphatic heterocycles. The van der Waals surface area contributed by atoms with Crippen LogP contribution < -0.4 is 11.5 Å². The highest BCUT2D eigenvalue weighted by atomic mass is 16.3. The van der Waals surface area contributed by atoms with Crippen LogP contribution in [0.25, 0.3) is 0 Å². The molecule has 1 rings (SSSR count). The number of hydrogen-bond donors (Lipinski definition) is 3. The molecule has 1 aromatic carbocycles. The Morgan fingerprint density at radius 1 is 1.24 bits per heavy atom. The molecule has 0 saturated carbocycles. The topological polar surface area (TPSA) is 89.3 Å². The van der Waals surface area contributed by atoms with Crippen LogP contribution >= 0.6 is 0 Å². The van der Waals surface area contributed by atoms with E-state index in [1.165, 1.54) is 0 Å². The molecule has 0 radical (unpaired) electrons. The van der Waals surface area contributed by atoms with Crippen molar-refractivity contribution >= 4 is 5.78 Å². The van der Waals surface area contributed by atoms with E-state index in [2.05, 4.69) is 0 Å². The highest BCUT2D eigenvalue weighted by Gasteiger charge is 2.23. The average Bonchev–Trinajstić information content (AvgIpc) is 2.38. The predicted molar refractivity (Wildman–Crippen MR) is 67.7 cm³/mol. The second kappa shape index (κ2) is 7.17. The Labute approximate surface area is 102 Å². The molecule has 1 unspecified atom stereocenters. The van der Waals surface area contributed by atoms with E-state index in [1.807, 2.05) is 6.07 Å². The molecule has 1 aromatic rings. The summed E-state index contributed by atoms with van der Waals surface area (Å²) in [6.07, 6.45) is 1.17. The summed E-state index contributed by atoms with van der Waals surface area (Å²) < 4.78 is 0. The van der Waals surface area contributed by atoms with E-state index in [0.717, 1.165) is 12.8 Å². The van der Waals surface area contributed by atoms with Gasteiger partial charge < -0.3 is 16.6 Å². The number of carbonyl (C=O) groups excluding carboxylic acids is 1. The molecule has 0 spiro atoms. The second-order valence-electron chi connectivity index (χ2n) is 4.12. The van der Waals surface area contributed by atoms with Crippen LogP contribution in [-0.2, 0) is 0 Å². The van der Waals surface area contributed by atoms with Gasteiger partial charge in [-0.3, -0.25) is 4.79 Å². The van der Waals surface area contributed by atoms with Crippen molar-refractivity contribution in [2.45, 2.75) is 31.4 Å². The van der Waals surface area contributed by atoms with Crippen molar-refractivity contribution in [2.75, 3.05) is 6.54 Å². The number of aliphatic hydroxyl groups is 1. The van der Waals surface area contributed by atoms with Gasteiger partial charge in [-0.05, 0) is 19.4 Å². The summed E-state index contributed by atoms with van der Waals surface area (Å²) in [5.41, 5.74) is 11.7. The second-order valence-corrected chi connectivity index (χ2v) is 4.12. The number of aliphatic hydroxyl groups excluding tert-OH is 1. The molecule has 4 nitrogen and oxygen atoms in total. The van der Waals surface area contributed by atoms with Crippen LogP contribution in [0.15, 0.2) is 30.3 Å². The van der Waals surface area contributed by atoms with Crippen molar-refractivity contribution in [3.63, 3.8) is 0 Å². The van der Waals surface area contributed by atoms with Gasteiger partial charge in [-0.15, -0.1) is 0 Å². The molecule has 0 bridgehead atoms. The van der Waals surface area contributed by atoms with Crippen molar-refractivity contribution in [1.82, 2.24) is 0 Å². The molecule has 5 N–H and O–H groups in total. The van der Waals surface area contributed by atoms with Crippen LogP contribution in [-0.4, -0.2) is 29.6 Å². The molecular formula is C13H20N2O2. The third-order valence-corrected chi connectivity index (χ3v) is 2.72. The number of Topliss-reactive ketones (excluding diaryl/α,β-unsaturated/α-hetero) is 1. The van der Waals surface area contributed by atoms with E-state index in [-0.39, 0.29) is 5.78 Å². The lowest BCUT2D eigenvalue weighted by Gasteiger charge is -2.17. The smallest absolute Gasteiger partial charge is 0.192 e. The first-order chi connectivity index (χ1) is 8.16. The Balaban J connectivity index is 2.51. The predicted octanol–water partition coefficient (Wildman–Crippen LogP) is 0.687. The number of hydrogen-bond acceptors (Lipinski definition) is 4. The first-order valence-corrected chi connectivity index (χ1v) is 5.89. The van der Waals surface area contributed by atoms with E-state index in [9.17, 15) is 9.90 Å². The van der Waals surface area contributed by atoms with Gasteiger partial charge in [-0.1, -0.05) is 36.8 Å². The largest absolute Gasteiger partial charge is 0.383 e. The molecule has 0 saturated heterocycles. The van der Waals surface area contributed by atoms with Gasteiger partial charge in [0.2, 0.25) is 0 Å². The fraction of sp³-hybridized carbons (Fsp3) is 0.462. The molecule has 4 heteroatoms. The quantitative estimate of drug-likeness (QED) is 0.480. The lowest BCUT2D eigenvalue weighted by atomic mass is 9.97. The van der Waals surface area contributed by atoms with E-state index in [4.69, 9.17) is 11.5 Å². The summed E-state index contributed by atoms with van der Waals surface area (Å²) >= 11 is 0. The van der Waals surface area contributed by atoms with Crippen molar-refractivity contribution in [3.05, 3.63) is 35.9 Å². The standard InChI is InChI=1S/C13H20N2O2/c14-9-5-4-8-11(15)13(17)12(16)10-6-2-1-3-7-10/h1-3,6-7,11,13,17H,4-5,8-9,14-15H2/t11-,13?/m0/s1. The number of carbonyl (C=O) groups is 1. The molecular weight excluding hydrogens is 216 g/mol. The van der Waals surface area contributed by atoms with E-state index in [1.54, 1.807) is 24.3 Å². The zero-order valence-electron chi connectivity index (χ0n) is 9.88. The fourth-order valence-electron chi connectivity index (χ4n) is 1.65. The number of benzene rings is 1. The summed E-state index contributed by atoms with van der Waals surface area (Å²) in [7, 11) is 0. The third-order valence-electron chi connectivity index (χ3n) is 2.72. The maximum Gasteiger partial charge on any atom is 0.192 e. The zero-order valence-corrected chi connectivity index (χ0v) is 9.88. The summed E-state index contributed by atoms with van der Waals surface area (Å²) in [5.74, 6) is -0.314. The Hall–Kier alpha value is -1.23. The van der Waals surface area contributed by atoms with Crippen LogP contribution in [0.2, 0.25) is 0 Å². The average molecular weight is 236 g/mol. The van der Waals surface area contributed by atoms with Crippen LogP contribution in [0.5, 0.6) is 0 Å². The van der Waals surface area contributed by atoms with Gasteiger partial charge in [-0.25, -0.2) is 0 Å². The Kier molecular flexibility index (Phi) is 5.83. The molecule has 0 aliphatic carbocycles. The molecule has 0 fully saturated rings. The van der Waals surface area contributed by atoms with E-state index < -0.39 is 12.1 Å². The minimum Gasteiger partial charge on any atom is -0.383 e. The lowest BCUT2D eigenvalue weighted by Crippen LogP contribution is -2.40. The van der Waals surface area contributed by atoms with E-state index in [0.29, 0.717) is 18.5 Å². The first-order valence-electron chi connectivity index (χ1n) is 5.89. The summed E-state index contributed by atoms with van der Waals surface area (Å²) in [6.45, 7) is 0.607. The molecule has 17 heavy (non-hydrogen) atoms. The molecule has 0 aromatic heterocycles.